The van der Waals surface area contributed by atoms with Crippen molar-refractivity contribution in [1.29, 1.82) is 0 Å². The monoisotopic (exact) mass is 355 g/mol. The molecule has 1 aromatic carbocycles. The number of rotatable bonds is 5. The van der Waals surface area contributed by atoms with Gasteiger partial charge in [0.05, 0.1) is 6.61 Å². The number of nitrogens with zero attached hydrogens (tertiary/aromatic N) is 2. The van der Waals surface area contributed by atoms with Gasteiger partial charge in [0.1, 0.15) is 11.4 Å². The summed E-state index contributed by atoms with van der Waals surface area (Å²) in [6, 6.07) is 4.78. The van der Waals surface area contributed by atoms with E-state index in [4.69, 9.17) is 22.1 Å². The molecule has 0 saturated carbocycles. The molecule has 132 valence electrons. The van der Waals surface area contributed by atoms with Crippen molar-refractivity contribution in [3.05, 3.63) is 34.6 Å². The second kappa shape index (κ2) is 7.35. The topological polar surface area (TPSA) is 58.8 Å². The molecule has 2 saturated heterocycles. The highest BCUT2D eigenvalue weighted by Crippen LogP contribution is 2.27. The van der Waals surface area contributed by atoms with E-state index < -0.39 is 5.54 Å². The molecular formula is C17H23ClFN3O2. The van der Waals surface area contributed by atoms with Gasteiger partial charge in [0.25, 0.3) is 0 Å². The summed E-state index contributed by atoms with van der Waals surface area (Å²) in [5.41, 5.74) is 5.55. The van der Waals surface area contributed by atoms with Gasteiger partial charge in [-0.1, -0.05) is 17.7 Å². The first-order valence-electron chi connectivity index (χ1n) is 8.31. The van der Waals surface area contributed by atoms with Crippen molar-refractivity contribution in [2.24, 2.45) is 5.73 Å². The number of halogens is 2. The first-order valence-corrected chi connectivity index (χ1v) is 8.69. The predicted octanol–water partition coefficient (Wildman–Crippen LogP) is 1.28. The van der Waals surface area contributed by atoms with Gasteiger partial charge in [0.15, 0.2) is 0 Å². The molecule has 0 radical (unpaired) electrons. The minimum absolute atomic E-state index is 0.253. The molecule has 1 amide bonds. The molecule has 2 heterocycles. The van der Waals surface area contributed by atoms with Crippen LogP contribution in [0.25, 0.3) is 0 Å². The van der Waals surface area contributed by atoms with Gasteiger partial charge in [-0.2, -0.15) is 0 Å². The molecular weight excluding hydrogens is 333 g/mol. The molecule has 2 aliphatic heterocycles. The van der Waals surface area contributed by atoms with Crippen molar-refractivity contribution in [1.82, 2.24) is 9.80 Å². The Balaban J connectivity index is 1.55. The lowest BCUT2D eigenvalue weighted by Gasteiger charge is -2.43. The number of primary amides is 1. The van der Waals surface area contributed by atoms with Gasteiger partial charge in [-0.25, -0.2) is 4.39 Å². The molecule has 7 heteroatoms. The maximum atomic E-state index is 13.8. The number of hydrogen-bond acceptors (Lipinski definition) is 4. The van der Waals surface area contributed by atoms with E-state index in [-0.39, 0.29) is 11.7 Å². The molecule has 2 fully saturated rings. The molecule has 2 N–H and O–H groups in total. The van der Waals surface area contributed by atoms with Crippen LogP contribution in [0.3, 0.4) is 0 Å². The van der Waals surface area contributed by atoms with E-state index in [1.54, 1.807) is 12.1 Å². The van der Waals surface area contributed by atoms with Crippen LogP contribution in [0.1, 0.15) is 12.0 Å². The number of carbonyl (C=O) groups is 1. The molecule has 1 atom stereocenters. The van der Waals surface area contributed by atoms with Crippen LogP contribution < -0.4 is 5.73 Å². The molecule has 0 aromatic heterocycles. The fourth-order valence-electron chi connectivity index (χ4n) is 3.59. The second-order valence-electron chi connectivity index (χ2n) is 6.48. The maximum absolute atomic E-state index is 13.8. The third-order valence-electron chi connectivity index (χ3n) is 5.18. The molecule has 1 unspecified atom stereocenters. The second-order valence-corrected chi connectivity index (χ2v) is 6.88. The van der Waals surface area contributed by atoms with E-state index in [1.165, 1.54) is 6.07 Å². The summed E-state index contributed by atoms with van der Waals surface area (Å²) in [5, 5.41) is 0.476. The Hall–Kier alpha value is -1.21. The van der Waals surface area contributed by atoms with Crippen LogP contribution in [0.15, 0.2) is 18.2 Å². The first-order chi connectivity index (χ1) is 11.5. The van der Waals surface area contributed by atoms with E-state index in [2.05, 4.69) is 9.80 Å². The molecule has 1 aromatic rings. The van der Waals surface area contributed by atoms with Gasteiger partial charge in [-0.05, 0) is 18.6 Å². The average molecular weight is 356 g/mol. The smallest absolute Gasteiger partial charge is 0.240 e. The third kappa shape index (κ3) is 3.42. The zero-order valence-electron chi connectivity index (χ0n) is 13.6. The summed E-state index contributed by atoms with van der Waals surface area (Å²) in [6.45, 7) is 4.87. The van der Waals surface area contributed by atoms with Gasteiger partial charge in [-0.3, -0.25) is 9.69 Å². The number of hydrogen-bond donors (Lipinski definition) is 1. The molecule has 0 spiro atoms. The standard InChI is InChI=1S/C17H23ClFN3O2/c18-14-2-1-3-15(19)13(14)4-6-21-7-9-22(10-8-21)17(16(20)23)5-11-24-12-17/h1-3H,4-12H2,(H2,20,23). The minimum Gasteiger partial charge on any atom is -0.379 e. The number of amides is 1. The van der Waals surface area contributed by atoms with Gasteiger partial charge < -0.3 is 15.4 Å². The Labute approximate surface area is 146 Å². The van der Waals surface area contributed by atoms with Crippen molar-refractivity contribution in [2.75, 3.05) is 45.9 Å². The van der Waals surface area contributed by atoms with E-state index in [0.717, 1.165) is 32.7 Å². The normalized spacial score (nSPS) is 25.9. The fourth-order valence-corrected chi connectivity index (χ4v) is 3.85. The summed E-state index contributed by atoms with van der Waals surface area (Å²) in [7, 11) is 0. The van der Waals surface area contributed by atoms with Crippen molar-refractivity contribution in [3.8, 4) is 0 Å². The number of piperazine rings is 1. The average Bonchev–Trinajstić information content (AvgIpc) is 3.06. The molecule has 0 aliphatic carbocycles. The van der Waals surface area contributed by atoms with Gasteiger partial charge in [0, 0.05) is 56.3 Å². The predicted molar refractivity (Wildman–Crippen MR) is 90.5 cm³/mol. The first kappa shape index (κ1) is 17.6. The summed E-state index contributed by atoms with van der Waals surface area (Å²) in [4.78, 5) is 16.3. The Morgan fingerprint density at radius 1 is 1.33 bits per heavy atom. The number of benzene rings is 1. The zero-order chi connectivity index (χ0) is 17.2. The number of carbonyl (C=O) groups excluding carboxylic acids is 1. The SMILES string of the molecule is NC(=O)C1(N2CCN(CCc3c(F)cccc3Cl)CC2)CCOC1. The van der Waals surface area contributed by atoms with Crippen LogP contribution in [0.2, 0.25) is 5.02 Å². The van der Waals surface area contributed by atoms with E-state index in [0.29, 0.717) is 36.6 Å². The van der Waals surface area contributed by atoms with Crippen LogP contribution >= 0.6 is 11.6 Å². The third-order valence-corrected chi connectivity index (χ3v) is 5.53. The Morgan fingerprint density at radius 2 is 2.08 bits per heavy atom. The van der Waals surface area contributed by atoms with Crippen molar-refractivity contribution in [3.63, 3.8) is 0 Å². The maximum Gasteiger partial charge on any atom is 0.240 e. The van der Waals surface area contributed by atoms with Gasteiger partial charge in [0.2, 0.25) is 5.91 Å². The molecule has 5 nitrogen and oxygen atoms in total. The van der Waals surface area contributed by atoms with Crippen LogP contribution in [0, 0.1) is 5.82 Å². The zero-order valence-corrected chi connectivity index (χ0v) is 14.4. The van der Waals surface area contributed by atoms with Crippen LogP contribution in [0.4, 0.5) is 4.39 Å². The Kier molecular flexibility index (Phi) is 5.39. The fraction of sp³-hybridized carbons (Fsp3) is 0.588. The highest BCUT2D eigenvalue weighted by Gasteiger charge is 2.46. The summed E-state index contributed by atoms with van der Waals surface area (Å²) in [5.74, 6) is -0.552. The highest BCUT2D eigenvalue weighted by atomic mass is 35.5. The number of ether oxygens (including phenoxy) is 1. The minimum atomic E-state index is -0.652. The van der Waals surface area contributed by atoms with Gasteiger partial charge >= 0.3 is 0 Å². The Bertz CT molecular complexity index is 579. The number of nitrogens with two attached hydrogens (primary N) is 1. The summed E-state index contributed by atoms with van der Waals surface area (Å²) in [6.07, 6.45) is 1.24. The van der Waals surface area contributed by atoms with Crippen molar-refractivity contribution < 1.29 is 13.9 Å². The van der Waals surface area contributed by atoms with Crippen LogP contribution in [-0.4, -0.2) is 67.2 Å². The summed E-state index contributed by atoms with van der Waals surface area (Å²) >= 11 is 6.08. The highest BCUT2D eigenvalue weighted by molar-refractivity contribution is 6.31. The summed E-state index contributed by atoms with van der Waals surface area (Å²) < 4.78 is 19.3. The largest absolute Gasteiger partial charge is 0.379 e. The van der Waals surface area contributed by atoms with Crippen LogP contribution in [0.5, 0.6) is 0 Å². The lowest BCUT2D eigenvalue weighted by atomic mass is 9.94. The Morgan fingerprint density at radius 3 is 2.67 bits per heavy atom. The molecule has 3 rings (SSSR count). The lowest BCUT2D eigenvalue weighted by molar-refractivity contribution is -0.131. The van der Waals surface area contributed by atoms with E-state index in [1.807, 2.05) is 0 Å². The van der Waals surface area contributed by atoms with Gasteiger partial charge in [-0.15, -0.1) is 0 Å². The quantitative estimate of drug-likeness (QED) is 0.864. The van der Waals surface area contributed by atoms with Crippen molar-refractivity contribution >= 4 is 17.5 Å². The van der Waals surface area contributed by atoms with E-state index in [9.17, 15) is 9.18 Å². The molecule has 24 heavy (non-hydrogen) atoms. The van der Waals surface area contributed by atoms with E-state index >= 15 is 0 Å². The molecule has 2 aliphatic rings. The van der Waals surface area contributed by atoms with Crippen molar-refractivity contribution in [2.45, 2.75) is 18.4 Å². The molecule has 0 bridgehead atoms. The lowest BCUT2D eigenvalue weighted by Crippen LogP contribution is -2.63. The van der Waals surface area contributed by atoms with Crippen LogP contribution in [-0.2, 0) is 16.0 Å².